The highest BCUT2D eigenvalue weighted by atomic mass is 14.9. The molecule has 0 unspecified atom stereocenters. The molecular formula is C10H18N2. The Kier molecular flexibility index (Phi) is 2.77. The second-order valence-electron chi connectivity index (χ2n) is 3.92. The quantitative estimate of drug-likeness (QED) is 0.629. The van der Waals surface area contributed by atoms with Crippen molar-refractivity contribution in [1.29, 1.82) is 0 Å². The van der Waals surface area contributed by atoms with Crippen molar-refractivity contribution in [3.05, 3.63) is 0 Å². The van der Waals surface area contributed by atoms with E-state index in [1.54, 1.807) is 0 Å². The van der Waals surface area contributed by atoms with Crippen molar-refractivity contribution in [2.45, 2.75) is 38.1 Å². The first kappa shape index (κ1) is 8.24. The zero-order valence-corrected chi connectivity index (χ0v) is 7.63. The Morgan fingerprint density at radius 3 is 2.83 bits per heavy atom. The number of nitrogens with one attached hydrogen (secondary N) is 1. The van der Waals surface area contributed by atoms with Gasteiger partial charge >= 0.3 is 0 Å². The molecule has 0 spiro atoms. The van der Waals surface area contributed by atoms with E-state index in [1.165, 1.54) is 38.6 Å². The van der Waals surface area contributed by atoms with Crippen LogP contribution in [0.2, 0.25) is 0 Å². The van der Waals surface area contributed by atoms with Gasteiger partial charge in [-0.05, 0) is 32.2 Å². The molecule has 0 aliphatic carbocycles. The van der Waals surface area contributed by atoms with Gasteiger partial charge < -0.3 is 5.32 Å². The highest BCUT2D eigenvalue weighted by Crippen LogP contribution is 2.20. The van der Waals surface area contributed by atoms with Gasteiger partial charge in [0.15, 0.2) is 0 Å². The van der Waals surface area contributed by atoms with E-state index in [4.69, 9.17) is 0 Å². The van der Waals surface area contributed by atoms with Crippen LogP contribution in [0.15, 0.2) is 4.99 Å². The fourth-order valence-electron chi connectivity index (χ4n) is 2.25. The first-order valence-corrected chi connectivity index (χ1v) is 5.20. The van der Waals surface area contributed by atoms with Gasteiger partial charge in [0.05, 0.1) is 0 Å². The molecule has 2 atom stereocenters. The number of piperidine rings is 1. The summed E-state index contributed by atoms with van der Waals surface area (Å²) in [4.78, 5) is 4.37. The van der Waals surface area contributed by atoms with E-state index >= 15 is 0 Å². The molecule has 12 heavy (non-hydrogen) atoms. The molecule has 2 heterocycles. The molecule has 0 saturated carbocycles. The largest absolute Gasteiger partial charge is 0.313 e. The van der Waals surface area contributed by atoms with Gasteiger partial charge in [0.25, 0.3) is 0 Å². The van der Waals surface area contributed by atoms with Gasteiger partial charge in [0, 0.05) is 24.7 Å². The zero-order valence-electron chi connectivity index (χ0n) is 7.63. The summed E-state index contributed by atoms with van der Waals surface area (Å²) < 4.78 is 0. The maximum Gasteiger partial charge on any atom is 0.0385 e. The zero-order chi connectivity index (χ0) is 8.23. The highest BCUT2D eigenvalue weighted by molar-refractivity contribution is 5.62. The van der Waals surface area contributed by atoms with E-state index in [0.29, 0.717) is 0 Å². The lowest BCUT2D eigenvalue weighted by molar-refractivity contribution is 0.330. The van der Waals surface area contributed by atoms with Gasteiger partial charge in [0.1, 0.15) is 0 Å². The van der Waals surface area contributed by atoms with E-state index in [9.17, 15) is 0 Å². The maximum atomic E-state index is 4.37. The molecule has 2 rings (SSSR count). The molecule has 68 valence electrons. The first-order chi connectivity index (χ1) is 5.97. The van der Waals surface area contributed by atoms with Crippen LogP contribution < -0.4 is 5.32 Å². The van der Waals surface area contributed by atoms with Gasteiger partial charge in [-0.3, -0.25) is 4.99 Å². The molecule has 2 aliphatic rings. The topological polar surface area (TPSA) is 24.4 Å². The lowest BCUT2D eigenvalue weighted by atomic mass is 9.88. The second kappa shape index (κ2) is 4.04. The standard InChI is InChI=1S/C10H18N2/c1-2-7-12-10(5-1)9-4-3-6-11-8-9/h8-10,12H,1-7H2/t9-,10+/m0/s1. The summed E-state index contributed by atoms with van der Waals surface area (Å²) in [7, 11) is 0. The SMILES string of the molecule is C1=NCCC[C@@H]1[C@H]1CCCCN1. The lowest BCUT2D eigenvalue weighted by Gasteiger charge is -2.30. The van der Waals surface area contributed by atoms with Crippen LogP contribution in [0.1, 0.15) is 32.1 Å². The Morgan fingerprint density at radius 1 is 1.17 bits per heavy atom. The minimum atomic E-state index is 0.735. The fraction of sp³-hybridized carbons (Fsp3) is 0.900. The second-order valence-corrected chi connectivity index (χ2v) is 3.92. The predicted octanol–water partition coefficient (Wildman–Crippen LogP) is 1.61. The smallest absolute Gasteiger partial charge is 0.0385 e. The third-order valence-electron chi connectivity index (χ3n) is 2.99. The third-order valence-corrected chi connectivity index (χ3v) is 2.99. The molecule has 0 bridgehead atoms. The van der Waals surface area contributed by atoms with Crippen molar-refractivity contribution in [3.63, 3.8) is 0 Å². The van der Waals surface area contributed by atoms with Crippen LogP contribution in [-0.4, -0.2) is 25.3 Å². The molecular weight excluding hydrogens is 148 g/mol. The van der Waals surface area contributed by atoms with Crippen LogP contribution in [-0.2, 0) is 0 Å². The maximum absolute atomic E-state index is 4.37. The summed E-state index contributed by atoms with van der Waals surface area (Å²) in [6.07, 6.45) is 8.95. The monoisotopic (exact) mass is 166 g/mol. The summed E-state index contributed by atoms with van der Waals surface area (Å²) in [5, 5.41) is 3.60. The number of hydrogen-bond acceptors (Lipinski definition) is 2. The Bertz CT molecular complexity index is 159. The number of nitrogens with zero attached hydrogens (tertiary/aromatic N) is 1. The normalized spacial score (nSPS) is 36.7. The van der Waals surface area contributed by atoms with Gasteiger partial charge in [0.2, 0.25) is 0 Å². The van der Waals surface area contributed by atoms with Crippen LogP contribution in [0.4, 0.5) is 0 Å². The number of aliphatic imine (C=N–C) groups is 1. The minimum absolute atomic E-state index is 0.735. The number of rotatable bonds is 1. The molecule has 0 aromatic rings. The van der Waals surface area contributed by atoms with E-state index in [0.717, 1.165) is 18.5 Å². The van der Waals surface area contributed by atoms with Gasteiger partial charge in [-0.2, -0.15) is 0 Å². The van der Waals surface area contributed by atoms with Crippen LogP contribution in [0.3, 0.4) is 0 Å². The van der Waals surface area contributed by atoms with E-state index in [2.05, 4.69) is 16.5 Å². The van der Waals surface area contributed by atoms with Gasteiger partial charge in [-0.1, -0.05) is 6.42 Å². The molecule has 0 aromatic heterocycles. The summed E-state index contributed by atoms with van der Waals surface area (Å²) in [6, 6.07) is 0.739. The third kappa shape index (κ3) is 1.86. The molecule has 2 aliphatic heterocycles. The molecule has 0 amide bonds. The average molecular weight is 166 g/mol. The van der Waals surface area contributed by atoms with Crippen LogP contribution in [0.25, 0.3) is 0 Å². The fourth-order valence-corrected chi connectivity index (χ4v) is 2.25. The summed E-state index contributed by atoms with van der Waals surface area (Å²) in [5.41, 5.74) is 0. The highest BCUT2D eigenvalue weighted by Gasteiger charge is 2.22. The van der Waals surface area contributed by atoms with E-state index in [1.807, 2.05) is 0 Å². The van der Waals surface area contributed by atoms with Crippen LogP contribution in [0, 0.1) is 5.92 Å². The van der Waals surface area contributed by atoms with Crippen LogP contribution >= 0.6 is 0 Å². The van der Waals surface area contributed by atoms with Crippen molar-refractivity contribution in [2.24, 2.45) is 10.9 Å². The average Bonchev–Trinajstić information content (AvgIpc) is 2.21. The van der Waals surface area contributed by atoms with Crippen molar-refractivity contribution in [3.8, 4) is 0 Å². The van der Waals surface area contributed by atoms with Crippen molar-refractivity contribution < 1.29 is 0 Å². The summed E-state index contributed by atoms with van der Waals surface area (Å²) >= 11 is 0. The Balaban J connectivity index is 1.88. The van der Waals surface area contributed by atoms with Crippen molar-refractivity contribution >= 4 is 6.21 Å². The van der Waals surface area contributed by atoms with Gasteiger partial charge in [-0.25, -0.2) is 0 Å². The van der Waals surface area contributed by atoms with Crippen molar-refractivity contribution in [1.82, 2.24) is 5.32 Å². The van der Waals surface area contributed by atoms with Gasteiger partial charge in [-0.15, -0.1) is 0 Å². The Hall–Kier alpha value is -0.370. The molecule has 0 aromatic carbocycles. The molecule has 1 N–H and O–H groups in total. The summed E-state index contributed by atoms with van der Waals surface area (Å²) in [5.74, 6) is 0.735. The lowest BCUT2D eigenvalue weighted by Crippen LogP contribution is -2.41. The molecule has 1 saturated heterocycles. The van der Waals surface area contributed by atoms with Crippen molar-refractivity contribution in [2.75, 3.05) is 13.1 Å². The first-order valence-electron chi connectivity index (χ1n) is 5.20. The molecule has 2 nitrogen and oxygen atoms in total. The minimum Gasteiger partial charge on any atom is -0.313 e. The predicted molar refractivity (Wildman–Crippen MR) is 51.7 cm³/mol. The molecule has 2 heteroatoms. The number of hydrogen-bond donors (Lipinski definition) is 1. The Morgan fingerprint density at radius 2 is 2.17 bits per heavy atom. The van der Waals surface area contributed by atoms with E-state index < -0.39 is 0 Å². The van der Waals surface area contributed by atoms with E-state index in [-0.39, 0.29) is 0 Å². The Labute approximate surface area is 74.5 Å². The summed E-state index contributed by atoms with van der Waals surface area (Å²) in [6.45, 7) is 2.28. The van der Waals surface area contributed by atoms with Crippen LogP contribution in [0.5, 0.6) is 0 Å². The molecule has 0 radical (unpaired) electrons. The molecule has 1 fully saturated rings.